The topological polar surface area (TPSA) is 159 Å². The number of benzene rings is 3. The zero-order valence-corrected chi connectivity index (χ0v) is 22.8. The molecule has 42 heavy (non-hydrogen) atoms. The Kier molecular flexibility index (Phi) is 10.4. The Hall–Kier alpha value is -5.64. The second-order valence-corrected chi connectivity index (χ2v) is 8.93. The molecule has 0 spiro atoms. The Labute approximate surface area is 241 Å². The number of allylic oxidation sites excluding steroid dienone is 2. The molecule has 3 aromatic carbocycles. The molecule has 0 saturated heterocycles. The fourth-order valence-corrected chi connectivity index (χ4v) is 4.03. The summed E-state index contributed by atoms with van der Waals surface area (Å²) in [4.78, 5) is 51.1. The monoisotopic (exact) mass is 571 g/mol. The summed E-state index contributed by atoms with van der Waals surface area (Å²) in [6, 6.07) is 13.1. The van der Waals surface area contributed by atoms with Gasteiger partial charge in [-0.25, -0.2) is 4.79 Å². The Morgan fingerprint density at radius 1 is 0.786 bits per heavy atom. The number of rotatable bonds is 13. The smallest absolute Gasteiger partial charge is 0.335 e. The predicted molar refractivity (Wildman–Crippen MR) is 155 cm³/mol. The molecule has 0 bridgehead atoms. The van der Waals surface area contributed by atoms with Crippen LogP contribution in [-0.2, 0) is 14.4 Å². The Balaban J connectivity index is 2.07. The average molecular weight is 572 g/mol. The molecule has 1 unspecified atom stereocenters. The first-order valence-corrected chi connectivity index (χ1v) is 12.5. The van der Waals surface area contributed by atoms with Gasteiger partial charge in [0.1, 0.15) is 5.92 Å². The number of carboxylic acid groups (broad SMARTS) is 1. The van der Waals surface area contributed by atoms with E-state index in [0.717, 1.165) is 6.08 Å². The lowest BCUT2D eigenvalue weighted by Crippen LogP contribution is -2.39. The molecular formula is C32H29NO9. The van der Waals surface area contributed by atoms with Crippen molar-refractivity contribution >= 4 is 35.6 Å². The number of methoxy groups -OCH3 is 2. The number of amides is 1. The van der Waals surface area contributed by atoms with Crippen LogP contribution in [0.5, 0.6) is 23.0 Å². The van der Waals surface area contributed by atoms with Crippen molar-refractivity contribution in [3.05, 3.63) is 108 Å². The van der Waals surface area contributed by atoms with Gasteiger partial charge in [0.15, 0.2) is 34.6 Å². The number of hydrogen-bond acceptors (Lipinski definition) is 8. The van der Waals surface area contributed by atoms with Gasteiger partial charge < -0.3 is 30.1 Å². The predicted octanol–water partition coefficient (Wildman–Crippen LogP) is 4.34. The van der Waals surface area contributed by atoms with E-state index in [1.165, 1.54) is 99.2 Å². The quantitative estimate of drug-likeness (QED) is 0.173. The van der Waals surface area contributed by atoms with Crippen LogP contribution in [0.2, 0.25) is 0 Å². The molecule has 216 valence electrons. The van der Waals surface area contributed by atoms with Crippen molar-refractivity contribution in [2.45, 2.75) is 6.04 Å². The molecule has 1 atom stereocenters. The number of carbonyl (C=O) groups is 4. The van der Waals surface area contributed by atoms with E-state index >= 15 is 0 Å². The molecule has 4 N–H and O–H groups in total. The van der Waals surface area contributed by atoms with Crippen LogP contribution in [0.4, 0.5) is 0 Å². The van der Waals surface area contributed by atoms with Gasteiger partial charge in [-0.3, -0.25) is 14.4 Å². The van der Waals surface area contributed by atoms with Gasteiger partial charge in [0.05, 0.1) is 25.8 Å². The maximum atomic E-state index is 13.6. The SMILES string of the molecule is C=CC(=O)NC(c1ccc(C(=O)O)cc1)C(C(=O)/C=C/c1ccc(O)c(OC)c1)C(=O)/C=C/c1ccc(O)c(OC)c1. The number of nitrogens with one attached hydrogen (secondary N) is 1. The van der Waals surface area contributed by atoms with E-state index < -0.39 is 35.4 Å². The first-order chi connectivity index (χ1) is 20.1. The van der Waals surface area contributed by atoms with E-state index in [1.54, 1.807) is 0 Å². The normalized spacial score (nSPS) is 11.8. The molecule has 10 heteroatoms. The number of aromatic carboxylic acids is 1. The molecule has 3 rings (SSSR count). The van der Waals surface area contributed by atoms with Gasteiger partial charge in [-0.15, -0.1) is 0 Å². The summed E-state index contributed by atoms with van der Waals surface area (Å²) < 4.78 is 10.2. The number of carboxylic acids is 1. The lowest BCUT2D eigenvalue weighted by molar-refractivity contribution is -0.129. The highest BCUT2D eigenvalue weighted by Gasteiger charge is 2.34. The molecule has 3 aromatic rings. The van der Waals surface area contributed by atoms with E-state index in [0.29, 0.717) is 16.7 Å². The van der Waals surface area contributed by atoms with Crippen molar-refractivity contribution in [3.63, 3.8) is 0 Å². The zero-order chi connectivity index (χ0) is 30.8. The van der Waals surface area contributed by atoms with Crippen LogP contribution in [0, 0.1) is 5.92 Å². The van der Waals surface area contributed by atoms with Gasteiger partial charge in [0, 0.05) is 0 Å². The number of ether oxygens (including phenoxy) is 2. The summed E-state index contributed by atoms with van der Waals surface area (Å²) in [6.45, 7) is 3.44. The van der Waals surface area contributed by atoms with Crippen LogP contribution in [-0.4, -0.2) is 53.0 Å². The third-order valence-electron chi connectivity index (χ3n) is 6.23. The fraction of sp³-hybridized carbons (Fsp3) is 0.125. The zero-order valence-electron chi connectivity index (χ0n) is 22.8. The molecule has 0 saturated carbocycles. The summed E-state index contributed by atoms with van der Waals surface area (Å²) in [6.07, 6.45) is 6.19. The highest BCUT2D eigenvalue weighted by atomic mass is 16.5. The van der Waals surface area contributed by atoms with E-state index in [9.17, 15) is 34.5 Å². The van der Waals surface area contributed by atoms with Crippen LogP contribution in [0.3, 0.4) is 0 Å². The summed E-state index contributed by atoms with van der Waals surface area (Å²) in [5, 5.41) is 31.6. The van der Waals surface area contributed by atoms with E-state index in [4.69, 9.17) is 9.47 Å². The summed E-state index contributed by atoms with van der Waals surface area (Å²) in [5.74, 6) is -4.48. The molecule has 10 nitrogen and oxygen atoms in total. The van der Waals surface area contributed by atoms with Crippen molar-refractivity contribution in [2.75, 3.05) is 14.2 Å². The largest absolute Gasteiger partial charge is 0.504 e. The van der Waals surface area contributed by atoms with Gasteiger partial charge in [-0.05, 0) is 71.3 Å². The lowest BCUT2D eigenvalue weighted by atomic mass is 9.85. The Morgan fingerprint density at radius 2 is 1.26 bits per heavy atom. The molecule has 0 aromatic heterocycles. The molecule has 0 radical (unpaired) electrons. The van der Waals surface area contributed by atoms with Gasteiger partial charge in [0.25, 0.3) is 0 Å². The van der Waals surface area contributed by atoms with E-state index in [1.807, 2.05) is 0 Å². The summed E-state index contributed by atoms with van der Waals surface area (Å²) >= 11 is 0. The molecular weight excluding hydrogens is 542 g/mol. The standard InChI is InChI=1S/C32H29NO9/c1-4-29(38)33-31(21-9-11-22(12-10-21)32(39)40)30(25(36)15-7-19-5-13-23(34)27(17-19)41-2)26(37)16-8-20-6-14-24(35)28(18-20)42-3/h4-18,30-31,34-35H,1H2,2-3H3,(H,33,38)(H,39,40)/b15-7+,16-8+. The second kappa shape index (κ2) is 14.1. The van der Waals surface area contributed by atoms with Crippen molar-refractivity contribution in [3.8, 4) is 23.0 Å². The lowest BCUT2D eigenvalue weighted by Gasteiger charge is -2.25. The minimum atomic E-state index is -1.48. The van der Waals surface area contributed by atoms with Crippen LogP contribution in [0.15, 0.2) is 85.5 Å². The van der Waals surface area contributed by atoms with Crippen molar-refractivity contribution in [2.24, 2.45) is 5.92 Å². The highest BCUT2D eigenvalue weighted by Crippen LogP contribution is 2.30. The van der Waals surface area contributed by atoms with Crippen molar-refractivity contribution in [1.29, 1.82) is 0 Å². The van der Waals surface area contributed by atoms with E-state index in [-0.39, 0.29) is 28.6 Å². The third-order valence-corrected chi connectivity index (χ3v) is 6.23. The minimum Gasteiger partial charge on any atom is -0.504 e. The van der Waals surface area contributed by atoms with Crippen LogP contribution in [0.25, 0.3) is 12.2 Å². The molecule has 0 aliphatic heterocycles. The van der Waals surface area contributed by atoms with Crippen LogP contribution >= 0.6 is 0 Å². The number of aromatic hydroxyl groups is 2. The molecule has 0 heterocycles. The summed E-state index contributed by atoms with van der Waals surface area (Å²) in [5.41, 5.74) is 1.27. The first kappa shape index (κ1) is 30.9. The van der Waals surface area contributed by atoms with Gasteiger partial charge in [-0.2, -0.15) is 0 Å². The number of carbonyl (C=O) groups excluding carboxylic acids is 3. The fourth-order valence-electron chi connectivity index (χ4n) is 4.03. The van der Waals surface area contributed by atoms with Crippen molar-refractivity contribution in [1.82, 2.24) is 5.32 Å². The molecule has 0 aliphatic carbocycles. The first-order valence-electron chi connectivity index (χ1n) is 12.5. The Bertz CT molecular complexity index is 1480. The van der Waals surface area contributed by atoms with Gasteiger partial charge in [-0.1, -0.05) is 43.0 Å². The second-order valence-electron chi connectivity index (χ2n) is 8.93. The minimum absolute atomic E-state index is 0.0240. The average Bonchev–Trinajstić information content (AvgIpc) is 2.99. The Morgan fingerprint density at radius 3 is 1.67 bits per heavy atom. The molecule has 0 fully saturated rings. The van der Waals surface area contributed by atoms with Crippen LogP contribution in [0.1, 0.15) is 33.1 Å². The van der Waals surface area contributed by atoms with Gasteiger partial charge >= 0.3 is 5.97 Å². The number of hydrogen-bond donors (Lipinski definition) is 4. The third kappa shape index (κ3) is 7.72. The number of phenolic OH excluding ortho intramolecular Hbond substituents is 2. The van der Waals surface area contributed by atoms with Gasteiger partial charge in [0.2, 0.25) is 5.91 Å². The summed E-state index contributed by atoms with van der Waals surface area (Å²) in [7, 11) is 2.75. The maximum absolute atomic E-state index is 13.6. The van der Waals surface area contributed by atoms with Crippen LogP contribution < -0.4 is 14.8 Å². The van der Waals surface area contributed by atoms with E-state index in [2.05, 4.69) is 11.9 Å². The molecule has 1 amide bonds. The number of phenols is 2. The maximum Gasteiger partial charge on any atom is 0.335 e. The number of ketones is 2. The van der Waals surface area contributed by atoms with Crippen molar-refractivity contribution < 1.29 is 44.0 Å². The highest BCUT2D eigenvalue weighted by molar-refractivity contribution is 6.14. The molecule has 0 aliphatic rings.